The molecule has 0 radical (unpaired) electrons. The van der Waals surface area contributed by atoms with Gasteiger partial charge >= 0.3 is 0 Å². The molecule has 0 aromatic rings. The number of aliphatic hydroxyl groups excluding tert-OH is 2. The molecular weight excluding hydrogens is 312 g/mol. The van der Waals surface area contributed by atoms with Crippen LogP contribution < -0.4 is 0 Å². The average molecular weight is 351 g/mol. The van der Waals surface area contributed by atoms with Gasteiger partial charge in [0.05, 0.1) is 17.8 Å². The van der Waals surface area contributed by atoms with E-state index in [9.17, 15) is 15.3 Å². The van der Waals surface area contributed by atoms with E-state index in [0.717, 1.165) is 38.5 Å². The van der Waals surface area contributed by atoms with Gasteiger partial charge in [-0.3, -0.25) is 0 Å². The summed E-state index contributed by atoms with van der Waals surface area (Å²) in [5.41, 5.74) is -0.464. The Kier molecular flexibility index (Phi) is 3.98. The summed E-state index contributed by atoms with van der Waals surface area (Å²) in [4.78, 5) is 0. The third kappa shape index (κ3) is 2.15. The summed E-state index contributed by atoms with van der Waals surface area (Å²) in [5.74, 6) is 1.94. The number of aliphatic hydroxyl groups is 3. The van der Waals surface area contributed by atoms with Gasteiger partial charge in [-0.2, -0.15) is 0 Å². The maximum atomic E-state index is 11.3. The zero-order valence-electron chi connectivity index (χ0n) is 16.6. The second-order valence-electron chi connectivity index (χ2n) is 10.9. The molecule has 0 aromatic carbocycles. The minimum absolute atomic E-state index is 0.115. The normalized spacial score (nSPS) is 59.6. The van der Waals surface area contributed by atoms with Crippen LogP contribution >= 0.6 is 0 Å². The molecule has 4 aliphatic rings. The van der Waals surface area contributed by atoms with Gasteiger partial charge in [0.1, 0.15) is 0 Å². The van der Waals surface area contributed by atoms with Crippen LogP contribution in [0.5, 0.6) is 0 Å². The Morgan fingerprint density at radius 2 is 1.44 bits per heavy atom. The van der Waals surface area contributed by atoms with Gasteiger partial charge in [0, 0.05) is 5.41 Å². The van der Waals surface area contributed by atoms with E-state index in [0.29, 0.717) is 23.2 Å². The van der Waals surface area contributed by atoms with Crippen LogP contribution in [0.15, 0.2) is 0 Å². The van der Waals surface area contributed by atoms with E-state index in [1.807, 2.05) is 0 Å². The molecule has 0 aromatic heterocycles. The lowest BCUT2D eigenvalue weighted by Gasteiger charge is -2.65. The van der Waals surface area contributed by atoms with Crippen LogP contribution in [0.3, 0.4) is 0 Å². The van der Waals surface area contributed by atoms with Gasteiger partial charge in [0.25, 0.3) is 0 Å². The maximum absolute atomic E-state index is 11.3. The van der Waals surface area contributed by atoms with E-state index in [2.05, 4.69) is 20.8 Å². The van der Waals surface area contributed by atoms with Crippen molar-refractivity contribution in [3.63, 3.8) is 0 Å². The van der Waals surface area contributed by atoms with E-state index in [-0.39, 0.29) is 16.9 Å². The molecule has 4 aliphatic carbocycles. The Balaban J connectivity index is 1.67. The van der Waals surface area contributed by atoms with E-state index < -0.39 is 11.7 Å². The Labute approximate surface area is 153 Å². The second kappa shape index (κ2) is 5.45. The highest BCUT2D eigenvalue weighted by Gasteiger charge is 2.67. The van der Waals surface area contributed by atoms with Crippen molar-refractivity contribution in [2.45, 2.75) is 103 Å². The molecule has 25 heavy (non-hydrogen) atoms. The van der Waals surface area contributed by atoms with Crippen molar-refractivity contribution in [1.29, 1.82) is 0 Å². The Bertz CT molecular complexity index is 547. The SMILES string of the molecule is C[C@H](O)[C@@]1(O)CC[C@H]2[C@@H]3CC[C@@]4(C)C[C@H](O)CC[C@]4(C)[C@H]3CC[C@@]21C. The van der Waals surface area contributed by atoms with Crippen molar-refractivity contribution in [3.05, 3.63) is 0 Å². The van der Waals surface area contributed by atoms with E-state index >= 15 is 0 Å². The molecular formula is C22H38O3. The van der Waals surface area contributed by atoms with E-state index in [1.54, 1.807) is 6.92 Å². The molecule has 0 aliphatic heterocycles. The predicted octanol–water partition coefficient (Wildman–Crippen LogP) is 3.89. The molecule has 0 bridgehead atoms. The minimum Gasteiger partial charge on any atom is -0.393 e. The smallest absolute Gasteiger partial charge is 0.0958 e. The zero-order chi connectivity index (χ0) is 18.3. The molecule has 0 amide bonds. The average Bonchev–Trinajstić information content (AvgIpc) is 2.82. The van der Waals surface area contributed by atoms with Crippen LogP contribution in [0.1, 0.15) is 85.5 Å². The molecule has 0 unspecified atom stereocenters. The Hall–Kier alpha value is -0.120. The van der Waals surface area contributed by atoms with Crippen LogP contribution in [0.2, 0.25) is 0 Å². The van der Waals surface area contributed by atoms with Gasteiger partial charge in [-0.05, 0) is 93.3 Å². The van der Waals surface area contributed by atoms with Crippen molar-refractivity contribution in [1.82, 2.24) is 0 Å². The zero-order valence-corrected chi connectivity index (χ0v) is 16.6. The number of hydrogen-bond donors (Lipinski definition) is 3. The fourth-order valence-electron chi connectivity index (χ4n) is 8.35. The second-order valence-corrected chi connectivity index (χ2v) is 10.9. The first kappa shape index (κ1) is 18.3. The summed E-state index contributed by atoms with van der Waals surface area (Å²) in [7, 11) is 0. The molecule has 0 saturated heterocycles. The quantitative estimate of drug-likeness (QED) is 0.672. The molecule has 3 nitrogen and oxygen atoms in total. The van der Waals surface area contributed by atoms with Gasteiger partial charge in [-0.1, -0.05) is 20.8 Å². The van der Waals surface area contributed by atoms with Gasteiger partial charge in [0.2, 0.25) is 0 Å². The number of fused-ring (bicyclic) bond motifs is 5. The first-order chi connectivity index (χ1) is 11.6. The highest BCUT2D eigenvalue weighted by Crippen LogP contribution is 2.71. The van der Waals surface area contributed by atoms with Gasteiger partial charge in [0.15, 0.2) is 0 Å². The minimum atomic E-state index is -0.910. The fourth-order valence-corrected chi connectivity index (χ4v) is 8.35. The summed E-state index contributed by atoms with van der Waals surface area (Å²) in [6, 6.07) is 0. The first-order valence-corrected chi connectivity index (χ1v) is 10.7. The number of rotatable bonds is 1. The number of hydrogen-bond acceptors (Lipinski definition) is 3. The van der Waals surface area contributed by atoms with E-state index in [1.165, 1.54) is 19.3 Å². The van der Waals surface area contributed by atoms with Crippen LogP contribution in [0, 0.1) is 34.0 Å². The maximum Gasteiger partial charge on any atom is 0.0958 e. The predicted molar refractivity (Wildman–Crippen MR) is 99.0 cm³/mol. The lowest BCUT2D eigenvalue weighted by molar-refractivity contribution is -0.203. The van der Waals surface area contributed by atoms with Gasteiger partial charge in [-0.15, -0.1) is 0 Å². The summed E-state index contributed by atoms with van der Waals surface area (Å²) in [6.07, 6.45) is 8.78. The van der Waals surface area contributed by atoms with Crippen molar-refractivity contribution in [3.8, 4) is 0 Å². The van der Waals surface area contributed by atoms with Gasteiger partial charge in [-0.25, -0.2) is 0 Å². The third-order valence-corrected chi connectivity index (χ3v) is 10.3. The lowest BCUT2D eigenvalue weighted by atomic mass is 9.40. The molecule has 4 fully saturated rings. The fraction of sp³-hybridized carbons (Fsp3) is 1.00. The van der Waals surface area contributed by atoms with Crippen molar-refractivity contribution >= 4 is 0 Å². The molecule has 144 valence electrons. The van der Waals surface area contributed by atoms with Gasteiger partial charge < -0.3 is 15.3 Å². The summed E-state index contributed by atoms with van der Waals surface area (Å²) in [6.45, 7) is 8.98. The van der Waals surface area contributed by atoms with Crippen molar-refractivity contribution in [2.75, 3.05) is 0 Å². The van der Waals surface area contributed by atoms with Crippen LogP contribution in [0.25, 0.3) is 0 Å². The summed E-state index contributed by atoms with van der Waals surface area (Å²) >= 11 is 0. The van der Waals surface area contributed by atoms with Crippen molar-refractivity contribution in [2.24, 2.45) is 34.0 Å². The Morgan fingerprint density at radius 1 is 0.840 bits per heavy atom. The van der Waals surface area contributed by atoms with Crippen LogP contribution in [0.4, 0.5) is 0 Å². The highest BCUT2D eigenvalue weighted by molar-refractivity contribution is 5.16. The molecule has 4 saturated carbocycles. The molecule has 4 rings (SSSR count). The molecule has 3 N–H and O–H groups in total. The third-order valence-electron chi connectivity index (χ3n) is 10.3. The van der Waals surface area contributed by atoms with Crippen molar-refractivity contribution < 1.29 is 15.3 Å². The summed E-state index contributed by atoms with van der Waals surface area (Å²) < 4.78 is 0. The molecule has 3 heteroatoms. The Morgan fingerprint density at radius 3 is 2.12 bits per heavy atom. The first-order valence-electron chi connectivity index (χ1n) is 10.7. The molecule has 0 spiro atoms. The topological polar surface area (TPSA) is 60.7 Å². The standard InChI is InChI=1S/C22H38O3/c1-14(23)22(25)12-8-18-16-6-9-19(2)13-15(24)5-10-20(19,3)17(16)7-11-21(18,22)4/h14-18,23-25H,5-13H2,1-4H3/t14-,15+,16+,17-,18-,19-,20+,21-,22-/m0/s1. The van der Waals surface area contributed by atoms with E-state index in [4.69, 9.17) is 0 Å². The molecule has 9 atom stereocenters. The molecule has 0 heterocycles. The monoisotopic (exact) mass is 350 g/mol. The van der Waals surface area contributed by atoms with Crippen LogP contribution in [-0.4, -0.2) is 33.1 Å². The van der Waals surface area contributed by atoms with Crippen LogP contribution in [-0.2, 0) is 0 Å². The highest BCUT2D eigenvalue weighted by atomic mass is 16.3. The lowest BCUT2D eigenvalue weighted by Crippen LogP contribution is -2.61. The summed E-state index contributed by atoms with van der Waals surface area (Å²) in [5, 5.41) is 31.9. The largest absolute Gasteiger partial charge is 0.393 e.